The first-order valence-electron chi connectivity index (χ1n) is 7.24. The summed E-state index contributed by atoms with van der Waals surface area (Å²) in [6.07, 6.45) is 3.87. The van der Waals surface area contributed by atoms with Crippen LogP contribution in [-0.4, -0.2) is 25.8 Å². The number of allylic oxidation sites excluding steroid dienone is 1. The van der Waals surface area contributed by atoms with E-state index in [1.54, 1.807) is 0 Å². The molecule has 0 aliphatic heterocycles. The van der Waals surface area contributed by atoms with Crippen LogP contribution in [0.1, 0.15) is 11.1 Å². The molecule has 0 fully saturated rings. The Hall–Kier alpha value is -3.08. The van der Waals surface area contributed by atoms with E-state index >= 15 is 0 Å². The second-order valence-electron chi connectivity index (χ2n) is 5.20. The van der Waals surface area contributed by atoms with Crippen LogP contribution in [0.3, 0.4) is 0 Å². The molecule has 0 saturated heterocycles. The van der Waals surface area contributed by atoms with Gasteiger partial charge in [0, 0.05) is 25.3 Å². The maximum absolute atomic E-state index is 5.36. The van der Waals surface area contributed by atoms with Crippen molar-refractivity contribution >= 4 is 23.4 Å². The van der Waals surface area contributed by atoms with Crippen molar-refractivity contribution in [1.82, 2.24) is 0 Å². The number of guanidine groups is 1. The Bertz CT molecular complexity index is 709. The van der Waals surface area contributed by atoms with Crippen LogP contribution in [0.4, 0.5) is 5.69 Å². The van der Waals surface area contributed by atoms with Gasteiger partial charge >= 0.3 is 0 Å². The van der Waals surface area contributed by atoms with Gasteiger partial charge in [-0.25, -0.2) is 0 Å². The lowest BCUT2D eigenvalue weighted by molar-refractivity contribution is 1.13. The normalized spacial score (nSPS) is 11.5. The highest BCUT2D eigenvalue weighted by atomic mass is 15.3. The fraction of sp³-hybridized carbons (Fsp3) is 0.111. The maximum atomic E-state index is 5.36. The molecule has 0 amide bonds. The topological polar surface area (TPSA) is 80.0 Å². The highest BCUT2D eigenvalue weighted by Crippen LogP contribution is 2.14. The molecule has 0 atom stereocenters. The predicted octanol–water partition coefficient (Wildman–Crippen LogP) is 2.44. The van der Waals surface area contributed by atoms with Gasteiger partial charge in [-0.3, -0.25) is 0 Å². The van der Waals surface area contributed by atoms with Crippen molar-refractivity contribution in [3.8, 4) is 0 Å². The van der Waals surface area contributed by atoms with E-state index < -0.39 is 0 Å². The van der Waals surface area contributed by atoms with Crippen molar-refractivity contribution in [2.45, 2.75) is 0 Å². The third kappa shape index (κ3) is 5.00. The molecule has 0 unspecified atom stereocenters. The number of nitrogens with two attached hydrogens (primary N) is 2. The molecule has 0 aliphatic rings. The number of benzene rings is 2. The molecule has 0 spiro atoms. The fourth-order valence-electron chi connectivity index (χ4n) is 1.97. The largest absolute Gasteiger partial charge is 0.378 e. The minimum atomic E-state index is -0.0674. The first-order chi connectivity index (χ1) is 11.1. The fourth-order valence-corrected chi connectivity index (χ4v) is 1.97. The molecular weight excluding hydrogens is 286 g/mol. The van der Waals surface area contributed by atoms with Gasteiger partial charge in [0.25, 0.3) is 0 Å². The van der Waals surface area contributed by atoms with Crippen LogP contribution < -0.4 is 16.4 Å². The standard InChI is InChI=1S/C18H21N5/c1-23(2)16-11-8-14(9-12-16)10-13-17(21-22-18(19)20)15-6-4-3-5-7-15/h3-13H,1-2H3,(H4,19,20,22)/b13-10+,21-17-. The molecule has 5 heteroatoms. The van der Waals surface area contributed by atoms with Crippen LogP contribution in [0.25, 0.3) is 6.08 Å². The molecule has 2 rings (SSSR count). The molecule has 23 heavy (non-hydrogen) atoms. The number of anilines is 1. The van der Waals surface area contributed by atoms with Crippen molar-refractivity contribution < 1.29 is 0 Å². The Kier molecular flexibility index (Phi) is 5.52. The summed E-state index contributed by atoms with van der Waals surface area (Å²) in [4.78, 5) is 2.06. The summed E-state index contributed by atoms with van der Waals surface area (Å²) >= 11 is 0. The van der Waals surface area contributed by atoms with E-state index in [1.807, 2.05) is 56.6 Å². The zero-order valence-corrected chi connectivity index (χ0v) is 13.3. The van der Waals surface area contributed by atoms with E-state index in [0.29, 0.717) is 5.71 Å². The maximum Gasteiger partial charge on any atom is 0.211 e. The van der Waals surface area contributed by atoms with Crippen molar-refractivity contribution in [3.05, 3.63) is 71.8 Å². The van der Waals surface area contributed by atoms with Crippen LogP contribution >= 0.6 is 0 Å². The van der Waals surface area contributed by atoms with E-state index in [4.69, 9.17) is 11.5 Å². The van der Waals surface area contributed by atoms with Crippen LogP contribution in [-0.2, 0) is 0 Å². The molecule has 2 aromatic rings. The van der Waals surface area contributed by atoms with Crippen molar-refractivity contribution in [3.63, 3.8) is 0 Å². The monoisotopic (exact) mass is 307 g/mol. The summed E-state index contributed by atoms with van der Waals surface area (Å²) in [6, 6.07) is 18.0. The van der Waals surface area contributed by atoms with Gasteiger partial charge in [-0.15, -0.1) is 10.2 Å². The van der Waals surface area contributed by atoms with E-state index in [1.165, 1.54) is 0 Å². The molecule has 118 valence electrons. The van der Waals surface area contributed by atoms with Gasteiger partial charge in [0.1, 0.15) is 0 Å². The second kappa shape index (κ2) is 7.79. The summed E-state index contributed by atoms with van der Waals surface area (Å²) in [5.74, 6) is -0.0674. The zero-order chi connectivity index (χ0) is 16.7. The zero-order valence-electron chi connectivity index (χ0n) is 13.3. The molecule has 0 aliphatic carbocycles. The Morgan fingerprint density at radius 2 is 1.57 bits per heavy atom. The van der Waals surface area contributed by atoms with Gasteiger partial charge in [0.15, 0.2) is 0 Å². The third-order valence-electron chi connectivity index (χ3n) is 3.19. The van der Waals surface area contributed by atoms with Gasteiger partial charge < -0.3 is 16.4 Å². The number of nitrogens with zero attached hydrogens (tertiary/aromatic N) is 3. The first kappa shape index (κ1) is 16.3. The molecule has 0 radical (unpaired) electrons. The SMILES string of the molecule is CN(C)c1ccc(/C=C/C(=N/N=C(N)N)c2ccccc2)cc1. The predicted molar refractivity (Wildman–Crippen MR) is 98.6 cm³/mol. The Morgan fingerprint density at radius 3 is 2.13 bits per heavy atom. The molecule has 4 N–H and O–H groups in total. The van der Waals surface area contributed by atoms with Gasteiger partial charge in [0.2, 0.25) is 5.96 Å². The summed E-state index contributed by atoms with van der Waals surface area (Å²) < 4.78 is 0. The van der Waals surface area contributed by atoms with Gasteiger partial charge in [-0.2, -0.15) is 0 Å². The molecule has 5 nitrogen and oxygen atoms in total. The molecular formula is C18H21N5. The van der Waals surface area contributed by atoms with Gasteiger partial charge in [0.05, 0.1) is 5.71 Å². The van der Waals surface area contributed by atoms with Gasteiger partial charge in [-0.1, -0.05) is 48.5 Å². The average Bonchev–Trinajstić information content (AvgIpc) is 2.56. The second-order valence-corrected chi connectivity index (χ2v) is 5.20. The quantitative estimate of drug-likeness (QED) is 0.506. The summed E-state index contributed by atoms with van der Waals surface area (Å²) in [7, 11) is 4.03. The lowest BCUT2D eigenvalue weighted by atomic mass is 10.1. The Labute approximate surface area is 136 Å². The average molecular weight is 307 g/mol. The minimum absolute atomic E-state index is 0.0674. The first-order valence-corrected chi connectivity index (χ1v) is 7.24. The summed E-state index contributed by atoms with van der Waals surface area (Å²) in [6.45, 7) is 0. The van der Waals surface area contributed by atoms with Crippen LogP contribution in [0.5, 0.6) is 0 Å². The third-order valence-corrected chi connectivity index (χ3v) is 3.19. The van der Waals surface area contributed by atoms with E-state index in [9.17, 15) is 0 Å². The van der Waals surface area contributed by atoms with E-state index in [-0.39, 0.29) is 5.96 Å². The van der Waals surface area contributed by atoms with Crippen molar-refractivity contribution in [2.75, 3.05) is 19.0 Å². The minimum Gasteiger partial charge on any atom is -0.378 e. The highest BCUT2D eigenvalue weighted by Gasteiger charge is 1.99. The van der Waals surface area contributed by atoms with Gasteiger partial charge in [-0.05, 0) is 23.8 Å². The highest BCUT2D eigenvalue weighted by molar-refractivity contribution is 6.10. The number of hydrogen-bond acceptors (Lipinski definition) is 3. The summed E-state index contributed by atoms with van der Waals surface area (Å²) in [5, 5.41) is 7.87. The molecule has 2 aromatic carbocycles. The molecule has 0 saturated carbocycles. The number of rotatable bonds is 5. The van der Waals surface area contributed by atoms with Crippen molar-refractivity contribution in [2.24, 2.45) is 21.7 Å². The Balaban J connectivity index is 2.27. The van der Waals surface area contributed by atoms with E-state index in [2.05, 4.69) is 39.4 Å². The van der Waals surface area contributed by atoms with Crippen LogP contribution in [0.15, 0.2) is 70.9 Å². The number of hydrogen-bond donors (Lipinski definition) is 2. The molecule has 0 bridgehead atoms. The molecule has 0 aromatic heterocycles. The van der Waals surface area contributed by atoms with Crippen LogP contribution in [0.2, 0.25) is 0 Å². The van der Waals surface area contributed by atoms with Crippen LogP contribution in [0, 0.1) is 0 Å². The lowest BCUT2D eigenvalue weighted by Gasteiger charge is -2.11. The Morgan fingerprint density at radius 1 is 0.913 bits per heavy atom. The smallest absolute Gasteiger partial charge is 0.211 e. The molecule has 0 heterocycles. The van der Waals surface area contributed by atoms with Crippen molar-refractivity contribution in [1.29, 1.82) is 0 Å². The summed E-state index contributed by atoms with van der Waals surface area (Å²) in [5.41, 5.74) is 14.6. The van der Waals surface area contributed by atoms with E-state index in [0.717, 1.165) is 16.8 Å². The lowest BCUT2D eigenvalue weighted by Crippen LogP contribution is -2.22.